The van der Waals surface area contributed by atoms with Crippen LogP contribution in [0.5, 0.6) is 0 Å². The van der Waals surface area contributed by atoms with Gasteiger partial charge < -0.3 is 9.84 Å². The molecule has 0 unspecified atom stereocenters. The van der Waals surface area contributed by atoms with Crippen LogP contribution in [0.4, 0.5) is 18.9 Å². The zero-order valence-electron chi connectivity index (χ0n) is 11.8. The van der Waals surface area contributed by atoms with Gasteiger partial charge in [0, 0.05) is 0 Å². The maximum atomic E-state index is 12.9. The minimum Gasteiger partial charge on any atom is -0.338 e. The van der Waals surface area contributed by atoms with Crippen LogP contribution in [0.25, 0.3) is 0 Å². The number of nitrogens with zero attached hydrogens (tertiary/aromatic N) is 2. The molecule has 0 aliphatic carbocycles. The number of halogens is 4. The minimum absolute atomic E-state index is 0.0794. The van der Waals surface area contributed by atoms with Crippen LogP contribution in [0.3, 0.4) is 0 Å². The first kappa shape index (κ1) is 17.6. The predicted molar refractivity (Wildman–Crippen MR) is 80.3 cm³/mol. The molecule has 0 aliphatic heterocycles. The molecule has 1 amide bonds. The van der Waals surface area contributed by atoms with Crippen molar-refractivity contribution in [3.05, 3.63) is 40.5 Å². The molecule has 5 nitrogen and oxygen atoms in total. The third kappa shape index (κ3) is 4.87. The number of aromatic nitrogens is 2. The lowest BCUT2D eigenvalue weighted by Gasteiger charge is -2.14. The van der Waals surface area contributed by atoms with Crippen LogP contribution in [-0.4, -0.2) is 21.8 Å². The molecule has 0 radical (unpaired) electrons. The third-order valence-corrected chi connectivity index (χ3v) is 3.84. The van der Waals surface area contributed by atoms with Gasteiger partial charge in [0.25, 0.3) is 0 Å². The van der Waals surface area contributed by atoms with E-state index in [4.69, 9.17) is 16.1 Å². The van der Waals surface area contributed by atoms with Crippen LogP contribution in [0.15, 0.2) is 22.7 Å². The van der Waals surface area contributed by atoms with Crippen molar-refractivity contribution in [2.45, 2.75) is 18.9 Å². The highest BCUT2D eigenvalue weighted by Gasteiger charge is 2.34. The maximum Gasteiger partial charge on any atom is 0.418 e. The summed E-state index contributed by atoms with van der Waals surface area (Å²) in [7, 11) is 0. The molecule has 23 heavy (non-hydrogen) atoms. The van der Waals surface area contributed by atoms with Crippen molar-refractivity contribution in [3.8, 4) is 0 Å². The Kier molecular flexibility index (Phi) is 5.53. The normalized spacial score (nSPS) is 11.5. The van der Waals surface area contributed by atoms with Crippen molar-refractivity contribution >= 4 is 35.0 Å². The van der Waals surface area contributed by atoms with Gasteiger partial charge in [-0.1, -0.05) is 22.8 Å². The molecule has 0 aliphatic rings. The fraction of sp³-hybridized carbons (Fsp3) is 0.308. The van der Waals surface area contributed by atoms with Crippen molar-refractivity contribution in [1.82, 2.24) is 10.1 Å². The third-order valence-electron chi connectivity index (χ3n) is 2.61. The fourth-order valence-corrected chi connectivity index (χ4v) is 2.57. The first-order valence-electron chi connectivity index (χ1n) is 6.30. The number of hydrogen-bond donors (Lipinski definition) is 1. The summed E-state index contributed by atoms with van der Waals surface area (Å²) in [4.78, 5) is 15.8. The Morgan fingerprint density at radius 1 is 1.43 bits per heavy atom. The molecule has 124 valence electrons. The average molecular weight is 366 g/mol. The van der Waals surface area contributed by atoms with E-state index >= 15 is 0 Å². The molecule has 1 aromatic carbocycles. The average Bonchev–Trinajstić information content (AvgIpc) is 2.85. The topological polar surface area (TPSA) is 68.0 Å². The van der Waals surface area contributed by atoms with Crippen molar-refractivity contribution in [1.29, 1.82) is 0 Å². The Morgan fingerprint density at radius 3 is 2.78 bits per heavy atom. The molecule has 1 aromatic heterocycles. The van der Waals surface area contributed by atoms with Crippen molar-refractivity contribution in [2.24, 2.45) is 0 Å². The number of rotatable bonds is 5. The van der Waals surface area contributed by atoms with Crippen LogP contribution in [-0.2, 0) is 16.7 Å². The Hall–Kier alpha value is -1.74. The number of hydrogen-bond acceptors (Lipinski definition) is 5. The van der Waals surface area contributed by atoms with Gasteiger partial charge in [-0.25, -0.2) is 0 Å². The lowest BCUT2D eigenvalue weighted by Crippen LogP contribution is -2.18. The zero-order valence-corrected chi connectivity index (χ0v) is 13.3. The number of para-hydroxylation sites is 1. The SMILES string of the molecule is Cc1noc(CSCC(=O)Nc2c(Cl)cccc2C(F)(F)F)n1. The monoisotopic (exact) mass is 365 g/mol. The molecule has 10 heteroatoms. The van der Waals surface area contributed by atoms with E-state index in [-0.39, 0.29) is 16.5 Å². The highest BCUT2D eigenvalue weighted by molar-refractivity contribution is 7.99. The van der Waals surface area contributed by atoms with E-state index in [0.29, 0.717) is 11.7 Å². The molecular weight excluding hydrogens is 355 g/mol. The van der Waals surface area contributed by atoms with E-state index in [0.717, 1.165) is 17.8 Å². The Labute approximate surface area is 138 Å². The van der Waals surface area contributed by atoms with Crippen molar-refractivity contribution in [3.63, 3.8) is 0 Å². The quantitative estimate of drug-likeness (QED) is 0.869. The summed E-state index contributed by atoms with van der Waals surface area (Å²) in [6.07, 6.45) is -4.61. The van der Waals surface area contributed by atoms with Crippen molar-refractivity contribution < 1.29 is 22.5 Å². The van der Waals surface area contributed by atoms with Gasteiger partial charge in [-0.2, -0.15) is 18.2 Å². The highest BCUT2D eigenvalue weighted by atomic mass is 35.5. The van der Waals surface area contributed by atoms with Crippen molar-refractivity contribution in [2.75, 3.05) is 11.1 Å². The predicted octanol–water partition coefficient (Wildman–Crippen LogP) is 3.92. The summed E-state index contributed by atoms with van der Waals surface area (Å²) < 4.78 is 43.6. The second-order valence-electron chi connectivity index (χ2n) is 4.44. The smallest absolute Gasteiger partial charge is 0.338 e. The van der Waals surface area contributed by atoms with Crippen LogP contribution in [0.1, 0.15) is 17.3 Å². The number of carbonyl (C=O) groups is 1. The first-order chi connectivity index (χ1) is 10.8. The zero-order chi connectivity index (χ0) is 17.0. The van der Waals surface area contributed by atoms with Gasteiger partial charge in [-0.3, -0.25) is 4.79 Å². The molecule has 0 saturated heterocycles. The highest BCUT2D eigenvalue weighted by Crippen LogP contribution is 2.38. The van der Waals surface area contributed by atoms with E-state index < -0.39 is 23.3 Å². The molecule has 1 heterocycles. The van der Waals surface area contributed by atoms with Gasteiger partial charge in [0.1, 0.15) is 0 Å². The Bertz CT molecular complexity index is 706. The van der Waals surface area contributed by atoms with E-state index in [2.05, 4.69) is 15.5 Å². The minimum atomic E-state index is -4.61. The lowest BCUT2D eigenvalue weighted by atomic mass is 10.1. The summed E-state index contributed by atoms with van der Waals surface area (Å²) in [5, 5.41) is 5.61. The van der Waals surface area contributed by atoms with E-state index in [1.54, 1.807) is 6.92 Å². The van der Waals surface area contributed by atoms with Crippen LogP contribution >= 0.6 is 23.4 Å². The lowest BCUT2D eigenvalue weighted by molar-refractivity contribution is -0.137. The maximum absolute atomic E-state index is 12.9. The Balaban J connectivity index is 1.97. The van der Waals surface area contributed by atoms with Gasteiger partial charge in [-0.05, 0) is 19.1 Å². The van der Waals surface area contributed by atoms with Crippen LogP contribution in [0.2, 0.25) is 5.02 Å². The fourth-order valence-electron chi connectivity index (χ4n) is 1.69. The molecular formula is C13H11ClF3N3O2S. The van der Waals surface area contributed by atoms with Crippen LogP contribution < -0.4 is 5.32 Å². The number of aryl methyl sites for hydroxylation is 1. The number of alkyl halides is 3. The Morgan fingerprint density at radius 2 is 2.17 bits per heavy atom. The molecule has 0 saturated carbocycles. The van der Waals surface area contributed by atoms with Crippen LogP contribution in [0, 0.1) is 6.92 Å². The molecule has 0 spiro atoms. The molecule has 0 fully saturated rings. The van der Waals surface area contributed by atoms with Gasteiger partial charge in [0.2, 0.25) is 11.8 Å². The molecule has 0 bridgehead atoms. The number of carbonyl (C=O) groups excluding carboxylic acids is 1. The van der Waals surface area contributed by atoms with E-state index in [1.165, 1.54) is 12.1 Å². The summed E-state index contributed by atoms with van der Waals surface area (Å²) >= 11 is 6.89. The van der Waals surface area contributed by atoms with Gasteiger partial charge in [0.05, 0.1) is 27.8 Å². The molecule has 2 rings (SSSR count). The number of benzene rings is 1. The molecule has 2 aromatic rings. The van der Waals surface area contributed by atoms with Gasteiger partial charge >= 0.3 is 6.18 Å². The second-order valence-corrected chi connectivity index (χ2v) is 5.83. The number of amides is 1. The van der Waals surface area contributed by atoms with Gasteiger partial charge in [-0.15, -0.1) is 11.8 Å². The number of thioether (sulfide) groups is 1. The molecule has 1 N–H and O–H groups in total. The molecule has 0 atom stereocenters. The summed E-state index contributed by atoms with van der Waals surface area (Å²) in [5.74, 6) is 0.405. The first-order valence-corrected chi connectivity index (χ1v) is 7.83. The van der Waals surface area contributed by atoms with E-state index in [1.807, 2.05) is 0 Å². The largest absolute Gasteiger partial charge is 0.418 e. The number of anilines is 1. The van der Waals surface area contributed by atoms with Gasteiger partial charge in [0.15, 0.2) is 5.82 Å². The standard InChI is InChI=1S/C13H11ClF3N3O2S/c1-7-18-11(22-20-7)6-23-5-10(21)19-12-8(13(15,16)17)3-2-4-9(12)14/h2-4H,5-6H2,1H3,(H,19,21). The van der Waals surface area contributed by atoms with E-state index in [9.17, 15) is 18.0 Å². The summed E-state index contributed by atoms with van der Waals surface area (Å²) in [6, 6.07) is 3.31. The summed E-state index contributed by atoms with van der Waals surface area (Å²) in [5.41, 5.74) is -1.43. The summed E-state index contributed by atoms with van der Waals surface area (Å²) in [6.45, 7) is 1.65. The second kappa shape index (κ2) is 7.22. The number of nitrogens with one attached hydrogen (secondary N) is 1.